The Labute approximate surface area is 113 Å². The number of anilines is 1. The van der Waals surface area contributed by atoms with Gasteiger partial charge in [-0.15, -0.1) is 0 Å². The van der Waals surface area contributed by atoms with Gasteiger partial charge in [-0.3, -0.25) is 0 Å². The summed E-state index contributed by atoms with van der Waals surface area (Å²) in [5.74, 6) is -0.126. The van der Waals surface area contributed by atoms with Crippen molar-refractivity contribution >= 4 is 5.69 Å². The summed E-state index contributed by atoms with van der Waals surface area (Å²) in [4.78, 5) is 2.38. The number of benzene rings is 2. The third kappa shape index (κ3) is 2.48. The lowest BCUT2D eigenvalue weighted by molar-refractivity contribution is 0.619. The summed E-state index contributed by atoms with van der Waals surface area (Å²) in [5, 5.41) is 0. The lowest BCUT2D eigenvalue weighted by Gasteiger charge is -2.31. The molecule has 2 heteroatoms. The van der Waals surface area contributed by atoms with Gasteiger partial charge in [-0.05, 0) is 66.8 Å². The molecular formula is C17H18FN. The van der Waals surface area contributed by atoms with Crippen molar-refractivity contribution in [2.45, 2.75) is 26.8 Å². The summed E-state index contributed by atoms with van der Waals surface area (Å²) < 4.78 is 13.2. The number of hydrogen-bond donors (Lipinski definition) is 0. The van der Waals surface area contributed by atoms with Crippen LogP contribution in [0, 0.1) is 19.7 Å². The predicted molar refractivity (Wildman–Crippen MR) is 77.1 cm³/mol. The van der Waals surface area contributed by atoms with E-state index in [-0.39, 0.29) is 5.82 Å². The molecule has 0 saturated carbocycles. The molecule has 2 aromatic rings. The van der Waals surface area contributed by atoms with Crippen molar-refractivity contribution in [3.8, 4) is 0 Å². The number of nitrogens with zero attached hydrogens (tertiary/aromatic N) is 1. The Morgan fingerprint density at radius 3 is 2.42 bits per heavy atom. The van der Waals surface area contributed by atoms with E-state index < -0.39 is 0 Å². The molecule has 98 valence electrons. The van der Waals surface area contributed by atoms with Crippen molar-refractivity contribution in [2.75, 3.05) is 11.4 Å². The first-order chi connectivity index (χ1) is 9.11. The molecule has 1 aliphatic heterocycles. The van der Waals surface area contributed by atoms with Crippen LogP contribution in [0.2, 0.25) is 0 Å². The van der Waals surface area contributed by atoms with Crippen molar-refractivity contribution < 1.29 is 4.39 Å². The molecule has 1 nitrogen and oxygen atoms in total. The average molecular weight is 255 g/mol. The number of rotatable bonds is 1. The zero-order chi connectivity index (χ0) is 13.4. The first-order valence-electron chi connectivity index (χ1n) is 6.72. The van der Waals surface area contributed by atoms with Crippen LogP contribution in [-0.2, 0) is 13.0 Å². The molecule has 0 unspecified atom stereocenters. The fourth-order valence-electron chi connectivity index (χ4n) is 2.88. The van der Waals surface area contributed by atoms with Gasteiger partial charge in [-0.25, -0.2) is 4.39 Å². The Hall–Kier alpha value is -1.83. The number of fused-ring (bicyclic) bond motifs is 1. The Morgan fingerprint density at radius 2 is 1.68 bits per heavy atom. The fourth-order valence-corrected chi connectivity index (χ4v) is 2.88. The molecule has 0 radical (unpaired) electrons. The van der Waals surface area contributed by atoms with Gasteiger partial charge in [-0.2, -0.15) is 0 Å². The largest absolute Gasteiger partial charge is 0.367 e. The highest BCUT2D eigenvalue weighted by Gasteiger charge is 2.17. The minimum absolute atomic E-state index is 0.126. The summed E-state index contributed by atoms with van der Waals surface area (Å²) in [6.45, 7) is 6.09. The van der Waals surface area contributed by atoms with Crippen molar-refractivity contribution in [1.82, 2.24) is 0 Å². The SMILES string of the molecule is Cc1cc(C)cc(N2CCc3cc(F)ccc3C2)c1. The Balaban J connectivity index is 1.91. The van der Waals surface area contributed by atoms with Crippen LogP contribution in [0.15, 0.2) is 36.4 Å². The van der Waals surface area contributed by atoms with Crippen molar-refractivity contribution in [1.29, 1.82) is 0 Å². The molecule has 0 fully saturated rings. The van der Waals surface area contributed by atoms with E-state index in [2.05, 4.69) is 36.9 Å². The first-order valence-corrected chi connectivity index (χ1v) is 6.72. The highest BCUT2D eigenvalue weighted by molar-refractivity contribution is 5.53. The number of hydrogen-bond acceptors (Lipinski definition) is 1. The molecule has 0 aromatic heterocycles. The van der Waals surface area contributed by atoms with E-state index in [1.807, 2.05) is 6.07 Å². The molecule has 0 atom stereocenters. The fraction of sp³-hybridized carbons (Fsp3) is 0.294. The van der Waals surface area contributed by atoms with Crippen LogP contribution in [0.1, 0.15) is 22.3 Å². The van der Waals surface area contributed by atoms with Gasteiger partial charge in [0.25, 0.3) is 0 Å². The zero-order valence-electron chi connectivity index (χ0n) is 11.4. The van der Waals surface area contributed by atoms with Crippen molar-refractivity contribution in [3.63, 3.8) is 0 Å². The van der Waals surface area contributed by atoms with E-state index in [9.17, 15) is 4.39 Å². The zero-order valence-corrected chi connectivity index (χ0v) is 11.4. The van der Waals surface area contributed by atoms with Crippen molar-refractivity contribution in [2.24, 2.45) is 0 Å². The van der Waals surface area contributed by atoms with Gasteiger partial charge in [0.15, 0.2) is 0 Å². The highest BCUT2D eigenvalue weighted by atomic mass is 19.1. The maximum absolute atomic E-state index is 13.2. The smallest absolute Gasteiger partial charge is 0.123 e. The van der Waals surface area contributed by atoms with Crippen LogP contribution in [0.5, 0.6) is 0 Å². The molecule has 1 aliphatic rings. The van der Waals surface area contributed by atoms with Crippen LogP contribution in [0.3, 0.4) is 0 Å². The van der Waals surface area contributed by atoms with Gasteiger partial charge < -0.3 is 4.90 Å². The molecule has 3 rings (SSSR count). The second-order valence-electron chi connectivity index (χ2n) is 5.43. The third-order valence-electron chi connectivity index (χ3n) is 3.75. The average Bonchev–Trinajstić information content (AvgIpc) is 2.37. The van der Waals surface area contributed by atoms with Crippen LogP contribution in [0.25, 0.3) is 0 Å². The van der Waals surface area contributed by atoms with Gasteiger partial charge in [0.2, 0.25) is 0 Å². The minimum Gasteiger partial charge on any atom is -0.367 e. The maximum Gasteiger partial charge on any atom is 0.123 e. The van der Waals surface area contributed by atoms with E-state index in [0.717, 1.165) is 25.1 Å². The Bertz CT molecular complexity index is 598. The van der Waals surface area contributed by atoms with E-state index in [4.69, 9.17) is 0 Å². The molecular weight excluding hydrogens is 237 g/mol. The Kier molecular flexibility index (Phi) is 3.02. The third-order valence-corrected chi connectivity index (χ3v) is 3.75. The molecule has 0 saturated heterocycles. The molecule has 0 N–H and O–H groups in total. The quantitative estimate of drug-likeness (QED) is 0.744. The lowest BCUT2D eigenvalue weighted by Crippen LogP contribution is -2.30. The minimum atomic E-state index is -0.126. The van der Waals surface area contributed by atoms with Gasteiger partial charge in [0, 0.05) is 18.8 Å². The van der Waals surface area contributed by atoms with E-state index in [0.29, 0.717) is 0 Å². The topological polar surface area (TPSA) is 3.24 Å². The summed E-state index contributed by atoms with van der Waals surface area (Å²) in [7, 11) is 0. The number of aryl methyl sites for hydroxylation is 2. The first kappa shape index (κ1) is 12.2. The second-order valence-corrected chi connectivity index (χ2v) is 5.43. The monoisotopic (exact) mass is 255 g/mol. The number of halogens is 1. The standard InChI is InChI=1S/C17H18FN/c1-12-7-13(2)9-17(8-12)19-6-5-14-10-16(18)4-3-15(14)11-19/h3-4,7-10H,5-6,11H2,1-2H3. The van der Waals surface area contributed by atoms with Gasteiger partial charge in [0.1, 0.15) is 5.82 Å². The molecule has 1 heterocycles. The molecule has 0 aliphatic carbocycles. The van der Waals surface area contributed by atoms with Crippen LogP contribution in [0.4, 0.5) is 10.1 Å². The summed E-state index contributed by atoms with van der Waals surface area (Å²) in [6.07, 6.45) is 0.917. The van der Waals surface area contributed by atoms with E-state index in [1.54, 1.807) is 12.1 Å². The highest BCUT2D eigenvalue weighted by Crippen LogP contribution is 2.26. The van der Waals surface area contributed by atoms with Crippen LogP contribution < -0.4 is 4.90 Å². The van der Waals surface area contributed by atoms with Gasteiger partial charge >= 0.3 is 0 Å². The van der Waals surface area contributed by atoms with Gasteiger partial charge in [-0.1, -0.05) is 12.1 Å². The summed E-state index contributed by atoms with van der Waals surface area (Å²) in [6, 6.07) is 11.8. The summed E-state index contributed by atoms with van der Waals surface area (Å²) >= 11 is 0. The van der Waals surface area contributed by atoms with E-state index in [1.165, 1.54) is 22.4 Å². The second kappa shape index (κ2) is 4.69. The molecule has 0 amide bonds. The van der Waals surface area contributed by atoms with Crippen LogP contribution in [-0.4, -0.2) is 6.54 Å². The normalized spacial score (nSPS) is 14.4. The lowest BCUT2D eigenvalue weighted by atomic mass is 9.98. The van der Waals surface area contributed by atoms with E-state index >= 15 is 0 Å². The van der Waals surface area contributed by atoms with Crippen molar-refractivity contribution in [3.05, 3.63) is 64.5 Å². The predicted octanol–water partition coefficient (Wildman–Crippen LogP) is 4.01. The van der Waals surface area contributed by atoms with Gasteiger partial charge in [0.05, 0.1) is 0 Å². The molecule has 0 bridgehead atoms. The summed E-state index contributed by atoms with van der Waals surface area (Å²) in [5.41, 5.74) is 6.25. The maximum atomic E-state index is 13.2. The Morgan fingerprint density at radius 1 is 0.947 bits per heavy atom. The van der Waals surface area contributed by atoms with Crippen LogP contribution >= 0.6 is 0 Å². The molecule has 19 heavy (non-hydrogen) atoms. The molecule has 0 spiro atoms. The molecule has 2 aromatic carbocycles.